The summed E-state index contributed by atoms with van der Waals surface area (Å²) in [5, 5.41) is 0. The average Bonchev–Trinajstić information content (AvgIpc) is 2.45. The van der Waals surface area contributed by atoms with Crippen LogP contribution in [-0.4, -0.2) is 22.9 Å². The summed E-state index contributed by atoms with van der Waals surface area (Å²) in [6, 6.07) is 3.61. The summed E-state index contributed by atoms with van der Waals surface area (Å²) in [6.07, 6.45) is 0. The van der Waals surface area contributed by atoms with Crippen molar-refractivity contribution in [3.63, 3.8) is 0 Å². The Morgan fingerprint density at radius 2 is 2.00 bits per heavy atom. The summed E-state index contributed by atoms with van der Waals surface area (Å²) in [4.78, 5) is 0. The molecule has 4 nitrogen and oxygen atoms in total. The maximum absolute atomic E-state index is 5.67. The molecule has 56 valence electrons. The molecule has 2 rings (SSSR count). The minimum atomic E-state index is -0.0236. The fraction of sp³-hybridized carbons (Fsp3) is 0. The number of nitrogen functional groups attached to an aromatic ring is 2. The summed E-state index contributed by atoms with van der Waals surface area (Å²) in [5.74, 6) is 0. The summed E-state index contributed by atoms with van der Waals surface area (Å²) >= 11 is -0.0236. The van der Waals surface area contributed by atoms with Gasteiger partial charge < -0.3 is 0 Å². The molecule has 0 spiro atoms. The number of aromatic nitrogens is 2. The van der Waals surface area contributed by atoms with Crippen molar-refractivity contribution in [2.75, 3.05) is 11.5 Å². The van der Waals surface area contributed by atoms with Crippen molar-refractivity contribution in [3.8, 4) is 0 Å². The van der Waals surface area contributed by atoms with E-state index in [-0.39, 0.29) is 15.0 Å². The zero-order valence-electron chi connectivity index (χ0n) is 5.61. The molecule has 0 fully saturated rings. The van der Waals surface area contributed by atoms with Gasteiger partial charge in [0.1, 0.15) is 0 Å². The second kappa shape index (κ2) is 2.22. The predicted octanol–water partition coefficient (Wildman–Crippen LogP) is -0.149. The van der Waals surface area contributed by atoms with Crippen molar-refractivity contribution in [3.05, 3.63) is 12.1 Å². The fourth-order valence-electron chi connectivity index (χ4n) is 0.887. The topological polar surface area (TPSA) is 77.8 Å². The van der Waals surface area contributed by atoms with E-state index in [9.17, 15) is 0 Å². The molecule has 1 aromatic carbocycles. The summed E-state index contributed by atoms with van der Waals surface area (Å²) in [5.41, 5.74) is 14.0. The number of nitrogens with zero attached hydrogens (tertiary/aromatic N) is 2. The molecule has 0 saturated heterocycles. The van der Waals surface area contributed by atoms with E-state index < -0.39 is 0 Å². The van der Waals surface area contributed by atoms with Crippen molar-refractivity contribution in [2.45, 2.75) is 0 Å². The van der Waals surface area contributed by atoms with E-state index in [4.69, 9.17) is 11.5 Å². The van der Waals surface area contributed by atoms with Gasteiger partial charge in [-0.1, -0.05) is 0 Å². The number of fused-ring (bicyclic) bond motifs is 1. The van der Waals surface area contributed by atoms with Gasteiger partial charge in [-0.25, -0.2) is 0 Å². The van der Waals surface area contributed by atoms with Crippen LogP contribution >= 0.6 is 0 Å². The van der Waals surface area contributed by atoms with Gasteiger partial charge >= 0.3 is 68.9 Å². The summed E-state index contributed by atoms with van der Waals surface area (Å²) in [6.45, 7) is 0. The van der Waals surface area contributed by atoms with Gasteiger partial charge in [0.2, 0.25) is 0 Å². The summed E-state index contributed by atoms with van der Waals surface area (Å²) in [7, 11) is 0. The van der Waals surface area contributed by atoms with Crippen molar-refractivity contribution < 1.29 is 0 Å². The fourth-order valence-corrected chi connectivity index (χ4v) is 2.04. The Morgan fingerprint density at radius 1 is 1.18 bits per heavy atom. The van der Waals surface area contributed by atoms with E-state index in [0.717, 1.165) is 11.0 Å². The molecule has 0 radical (unpaired) electrons. The molecule has 11 heavy (non-hydrogen) atoms. The molecular formula is C6H6N4Se. The minimum absolute atomic E-state index is 0.0236. The Labute approximate surface area is 69.4 Å². The number of hydrogen-bond acceptors (Lipinski definition) is 4. The van der Waals surface area contributed by atoms with Crippen LogP contribution in [0.25, 0.3) is 11.0 Å². The van der Waals surface area contributed by atoms with Crippen LogP contribution in [0.3, 0.4) is 0 Å². The van der Waals surface area contributed by atoms with Crippen molar-refractivity contribution >= 4 is 37.4 Å². The first-order valence-corrected chi connectivity index (χ1v) is 4.58. The van der Waals surface area contributed by atoms with E-state index in [2.05, 4.69) is 7.96 Å². The number of anilines is 2. The molecular weight excluding hydrogens is 207 g/mol. The van der Waals surface area contributed by atoms with Crippen molar-refractivity contribution in [1.29, 1.82) is 0 Å². The maximum atomic E-state index is 5.67. The van der Waals surface area contributed by atoms with Crippen molar-refractivity contribution in [1.82, 2.24) is 7.96 Å². The van der Waals surface area contributed by atoms with Crippen LogP contribution in [-0.2, 0) is 0 Å². The first-order valence-electron chi connectivity index (χ1n) is 3.05. The molecule has 1 aromatic heterocycles. The number of rotatable bonds is 0. The van der Waals surface area contributed by atoms with Gasteiger partial charge in [0, 0.05) is 0 Å². The Bertz CT molecular complexity index is 394. The third-order valence-corrected chi connectivity index (χ3v) is 2.64. The van der Waals surface area contributed by atoms with E-state index in [1.54, 1.807) is 6.07 Å². The van der Waals surface area contributed by atoms with Crippen LogP contribution in [0.5, 0.6) is 0 Å². The molecule has 0 unspecified atom stereocenters. The van der Waals surface area contributed by atoms with Crippen LogP contribution in [0.1, 0.15) is 0 Å². The van der Waals surface area contributed by atoms with Crippen LogP contribution in [0.4, 0.5) is 11.4 Å². The number of nitrogens with two attached hydrogens (primary N) is 2. The monoisotopic (exact) mass is 214 g/mol. The molecule has 0 amide bonds. The first kappa shape index (κ1) is 6.64. The van der Waals surface area contributed by atoms with Crippen LogP contribution in [0.15, 0.2) is 12.1 Å². The molecule has 0 aliphatic rings. The second-order valence-corrected chi connectivity index (χ2v) is 3.31. The van der Waals surface area contributed by atoms with Gasteiger partial charge in [-0.15, -0.1) is 0 Å². The van der Waals surface area contributed by atoms with E-state index in [1.165, 1.54) is 0 Å². The third kappa shape index (κ3) is 0.894. The van der Waals surface area contributed by atoms with E-state index in [1.807, 2.05) is 6.07 Å². The van der Waals surface area contributed by atoms with Gasteiger partial charge in [0.15, 0.2) is 0 Å². The molecule has 0 aliphatic carbocycles. The van der Waals surface area contributed by atoms with Gasteiger partial charge in [-0.05, 0) is 0 Å². The van der Waals surface area contributed by atoms with E-state index >= 15 is 0 Å². The Hall–Kier alpha value is -1.06. The molecule has 5 heteroatoms. The summed E-state index contributed by atoms with van der Waals surface area (Å²) < 4.78 is 8.31. The number of benzene rings is 1. The Balaban J connectivity index is 2.93. The molecule has 1 heterocycles. The Morgan fingerprint density at radius 3 is 2.82 bits per heavy atom. The molecule has 2 aromatic rings. The van der Waals surface area contributed by atoms with Gasteiger partial charge in [-0.3, -0.25) is 0 Å². The van der Waals surface area contributed by atoms with E-state index in [0.29, 0.717) is 11.4 Å². The van der Waals surface area contributed by atoms with Crippen molar-refractivity contribution in [2.24, 2.45) is 0 Å². The first-order chi connectivity index (χ1) is 5.29. The van der Waals surface area contributed by atoms with Crippen LogP contribution < -0.4 is 11.5 Å². The van der Waals surface area contributed by atoms with Crippen LogP contribution in [0, 0.1) is 0 Å². The normalized spacial score (nSPS) is 10.5. The Kier molecular flexibility index (Phi) is 1.34. The van der Waals surface area contributed by atoms with Gasteiger partial charge in [-0.2, -0.15) is 0 Å². The quantitative estimate of drug-likeness (QED) is 0.471. The van der Waals surface area contributed by atoms with Gasteiger partial charge in [0.05, 0.1) is 0 Å². The SMILES string of the molecule is Nc1ccc2n[se]nc2c1N. The zero-order chi connectivity index (χ0) is 7.84. The molecule has 0 aliphatic heterocycles. The van der Waals surface area contributed by atoms with Gasteiger partial charge in [0.25, 0.3) is 0 Å². The predicted molar refractivity (Wildman–Crippen MR) is 45.3 cm³/mol. The molecule has 4 N–H and O–H groups in total. The number of hydrogen-bond donors (Lipinski definition) is 2. The standard InChI is InChI=1S/C6H6N4Se/c7-3-1-2-4-6(5(3)8)10-11-9-4/h1-2H,7-8H2. The second-order valence-electron chi connectivity index (χ2n) is 2.20. The zero-order valence-corrected chi connectivity index (χ0v) is 7.33. The average molecular weight is 213 g/mol. The van der Waals surface area contributed by atoms with Crippen LogP contribution in [0.2, 0.25) is 0 Å². The molecule has 0 atom stereocenters. The third-order valence-electron chi connectivity index (χ3n) is 1.50. The molecule has 0 saturated carbocycles. The molecule has 0 bridgehead atoms.